The molecule has 3 atom stereocenters. The second kappa shape index (κ2) is 10.3. The highest BCUT2D eigenvalue weighted by Gasteiger charge is 2.31. The van der Waals surface area contributed by atoms with E-state index in [4.69, 9.17) is 0 Å². The average molecular weight is 386 g/mol. The van der Waals surface area contributed by atoms with E-state index in [0.29, 0.717) is 23.9 Å². The molecule has 2 aliphatic heterocycles. The van der Waals surface area contributed by atoms with E-state index in [-0.39, 0.29) is 0 Å². The van der Waals surface area contributed by atoms with Crippen molar-refractivity contribution in [1.29, 1.82) is 0 Å². The molecule has 2 N–H and O–H groups in total. The average Bonchev–Trinajstić information content (AvgIpc) is 3.31. The Labute approximate surface area is 171 Å². The van der Waals surface area contributed by atoms with Gasteiger partial charge in [0, 0.05) is 51.9 Å². The quantitative estimate of drug-likeness (QED) is 0.559. The van der Waals surface area contributed by atoms with Gasteiger partial charge in [-0.15, -0.1) is 0 Å². The highest BCUT2D eigenvalue weighted by molar-refractivity contribution is 5.80. The van der Waals surface area contributed by atoms with Gasteiger partial charge in [-0.1, -0.05) is 37.3 Å². The summed E-state index contributed by atoms with van der Waals surface area (Å²) in [5.74, 6) is 2.33. The fourth-order valence-electron chi connectivity index (χ4n) is 4.44. The first-order chi connectivity index (χ1) is 13.5. The lowest BCUT2D eigenvalue weighted by atomic mass is 10.1. The summed E-state index contributed by atoms with van der Waals surface area (Å²) in [6.45, 7) is 13.8. The predicted molar refractivity (Wildman–Crippen MR) is 119 cm³/mol. The van der Waals surface area contributed by atoms with Crippen LogP contribution >= 0.6 is 0 Å². The Morgan fingerprint density at radius 2 is 1.96 bits per heavy atom. The van der Waals surface area contributed by atoms with Gasteiger partial charge < -0.3 is 15.5 Å². The fourth-order valence-corrected chi connectivity index (χ4v) is 4.44. The van der Waals surface area contributed by atoms with Crippen LogP contribution in [0.25, 0.3) is 0 Å². The number of guanidine groups is 1. The summed E-state index contributed by atoms with van der Waals surface area (Å²) in [7, 11) is 1.88. The fraction of sp³-hybridized carbons (Fsp3) is 0.696. The van der Waals surface area contributed by atoms with Crippen molar-refractivity contribution in [2.75, 3.05) is 46.3 Å². The molecule has 3 rings (SSSR count). The summed E-state index contributed by atoms with van der Waals surface area (Å²) in [5, 5.41) is 7.26. The largest absolute Gasteiger partial charge is 0.356 e. The van der Waals surface area contributed by atoms with Gasteiger partial charge in [-0.25, -0.2) is 0 Å². The topological polar surface area (TPSA) is 42.9 Å². The number of nitrogens with one attached hydrogen (secondary N) is 2. The Balaban J connectivity index is 1.37. The summed E-state index contributed by atoms with van der Waals surface area (Å²) in [4.78, 5) is 9.63. The molecule has 0 amide bonds. The van der Waals surface area contributed by atoms with Crippen LogP contribution in [-0.4, -0.2) is 74.2 Å². The highest BCUT2D eigenvalue weighted by atomic mass is 15.3. The Bertz CT molecular complexity index is 615. The molecular formula is C23H39N5. The number of hydrogen-bond acceptors (Lipinski definition) is 3. The monoisotopic (exact) mass is 385 g/mol. The van der Waals surface area contributed by atoms with Crippen LogP contribution in [0.2, 0.25) is 0 Å². The first kappa shape index (κ1) is 21.1. The Morgan fingerprint density at radius 3 is 2.64 bits per heavy atom. The van der Waals surface area contributed by atoms with Crippen molar-refractivity contribution in [3.05, 3.63) is 35.9 Å². The summed E-state index contributed by atoms with van der Waals surface area (Å²) in [6.07, 6.45) is 2.43. The predicted octanol–water partition coefficient (Wildman–Crippen LogP) is 2.44. The molecule has 5 heteroatoms. The maximum Gasteiger partial charge on any atom is 0.191 e. The van der Waals surface area contributed by atoms with Crippen LogP contribution < -0.4 is 10.6 Å². The van der Waals surface area contributed by atoms with Gasteiger partial charge in [0.2, 0.25) is 0 Å². The SMILES string of the molecule is CN=C(NCC1CCN(CCc2ccccc2)C1)NC1CN(C(C)C)CC1C. The van der Waals surface area contributed by atoms with Crippen LogP contribution in [0.1, 0.15) is 32.8 Å². The van der Waals surface area contributed by atoms with E-state index in [1.54, 1.807) is 0 Å². The zero-order valence-corrected chi connectivity index (χ0v) is 18.2. The molecule has 156 valence electrons. The maximum atomic E-state index is 4.47. The van der Waals surface area contributed by atoms with E-state index >= 15 is 0 Å². The number of benzene rings is 1. The zero-order valence-electron chi connectivity index (χ0n) is 18.2. The number of likely N-dealkylation sites (tertiary alicyclic amines) is 2. The van der Waals surface area contributed by atoms with E-state index in [9.17, 15) is 0 Å². The number of hydrogen-bond donors (Lipinski definition) is 2. The van der Waals surface area contributed by atoms with E-state index in [1.165, 1.54) is 31.6 Å². The van der Waals surface area contributed by atoms with Crippen molar-refractivity contribution in [2.45, 2.75) is 45.7 Å². The van der Waals surface area contributed by atoms with Crippen molar-refractivity contribution < 1.29 is 0 Å². The lowest BCUT2D eigenvalue weighted by molar-refractivity contribution is 0.265. The molecular weight excluding hydrogens is 346 g/mol. The molecule has 5 nitrogen and oxygen atoms in total. The molecule has 2 fully saturated rings. The van der Waals surface area contributed by atoms with Gasteiger partial charge in [-0.05, 0) is 50.6 Å². The third-order valence-electron chi connectivity index (χ3n) is 6.40. The van der Waals surface area contributed by atoms with Crippen molar-refractivity contribution in [3.8, 4) is 0 Å². The zero-order chi connectivity index (χ0) is 19.9. The van der Waals surface area contributed by atoms with Gasteiger partial charge >= 0.3 is 0 Å². The molecule has 28 heavy (non-hydrogen) atoms. The lowest BCUT2D eigenvalue weighted by Gasteiger charge is -2.23. The number of nitrogens with zero attached hydrogens (tertiary/aromatic N) is 3. The summed E-state index contributed by atoms with van der Waals surface area (Å²) < 4.78 is 0. The van der Waals surface area contributed by atoms with Gasteiger partial charge in [0.25, 0.3) is 0 Å². The standard InChI is InChI=1S/C23H39N5/c1-18(2)28-15-19(3)22(17-28)26-23(24-4)25-14-21-11-13-27(16-21)12-10-20-8-6-5-7-9-20/h5-9,18-19,21-22H,10-17H2,1-4H3,(H2,24,25,26). The normalized spacial score (nSPS) is 26.9. The van der Waals surface area contributed by atoms with E-state index < -0.39 is 0 Å². The van der Waals surface area contributed by atoms with Crippen LogP contribution in [0, 0.1) is 11.8 Å². The van der Waals surface area contributed by atoms with Crippen molar-refractivity contribution >= 4 is 5.96 Å². The first-order valence-electron chi connectivity index (χ1n) is 11.0. The van der Waals surface area contributed by atoms with Crippen LogP contribution in [0.15, 0.2) is 35.3 Å². The van der Waals surface area contributed by atoms with E-state index in [1.807, 2.05) is 7.05 Å². The Kier molecular flexibility index (Phi) is 7.74. The molecule has 2 saturated heterocycles. The number of rotatable bonds is 7. The van der Waals surface area contributed by atoms with Crippen LogP contribution in [0.4, 0.5) is 0 Å². The van der Waals surface area contributed by atoms with Crippen LogP contribution in [0.3, 0.4) is 0 Å². The molecule has 1 aromatic carbocycles. The molecule has 0 saturated carbocycles. The van der Waals surface area contributed by atoms with Gasteiger partial charge in [-0.3, -0.25) is 9.89 Å². The Morgan fingerprint density at radius 1 is 1.18 bits per heavy atom. The summed E-state index contributed by atoms with van der Waals surface area (Å²) >= 11 is 0. The van der Waals surface area contributed by atoms with Crippen LogP contribution in [-0.2, 0) is 6.42 Å². The molecule has 0 aliphatic carbocycles. The molecule has 3 unspecified atom stereocenters. The van der Waals surface area contributed by atoms with Crippen LogP contribution in [0.5, 0.6) is 0 Å². The molecule has 0 aromatic heterocycles. The highest BCUT2D eigenvalue weighted by Crippen LogP contribution is 2.19. The molecule has 0 spiro atoms. The number of aliphatic imine (C=N–C) groups is 1. The third kappa shape index (κ3) is 5.95. The second-order valence-electron chi connectivity index (χ2n) is 8.92. The van der Waals surface area contributed by atoms with Gasteiger partial charge in [0.1, 0.15) is 0 Å². The molecule has 1 aromatic rings. The van der Waals surface area contributed by atoms with Gasteiger partial charge in [0.05, 0.1) is 0 Å². The van der Waals surface area contributed by atoms with Crippen molar-refractivity contribution in [1.82, 2.24) is 20.4 Å². The van der Waals surface area contributed by atoms with Gasteiger partial charge in [-0.2, -0.15) is 0 Å². The lowest BCUT2D eigenvalue weighted by Crippen LogP contribution is -2.48. The first-order valence-corrected chi connectivity index (χ1v) is 11.0. The second-order valence-corrected chi connectivity index (χ2v) is 8.92. The van der Waals surface area contributed by atoms with Crippen molar-refractivity contribution in [3.63, 3.8) is 0 Å². The minimum absolute atomic E-state index is 0.486. The minimum Gasteiger partial charge on any atom is -0.356 e. The molecule has 2 aliphatic rings. The molecule has 0 radical (unpaired) electrons. The Hall–Kier alpha value is -1.59. The smallest absolute Gasteiger partial charge is 0.191 e. The third-order valence-corrected chi connectivity index (χ3v) is 6.40. The van der Waals surface area contributed by atoms with E-state index in [0.717, 1.165) is 32.0 Å². The van der Waals surface area contributed by atoms with Crippen molar-refractivity contribution in [2.24, 2.45) is 16.8 Å². The molecule has 0 bridgehead atoms. The van der Waals surface area contributed by atoms with Gasteiger partial charge in [0.15, 0.2) is 5.96 Å². The van der Waals surface area contributed by atoms with E-state index in [2.05, 4.69) is 76.5 Å². The summed E-state index contributed by atoms with van der Waals surface area (Å²) in [5.41, 5.74) is 1.44. The summed E-state index contributed by atoms with van der Waals surface area (Å²) in [6, 6.07) is 11.9. The maximum absolute atomic E-state index is 4.47. The minimum atomic E-state index is 0.486. The molecule has 2 heterocycles.